The summed E-state index contributed by atoms with van der Waals surface area (Å²) in [5, 5.41) is 11.8. The van der Waals surface area contributed by atoms with Gasteiger partial charge in [-0.25, -0.2) is 4.79 Å². The van der Waals surface area contributed by atoms with Crippen molar-refractivity contribution in [2.75, 3.05) is 19.0 Å². The molecule has 0 radical (unpaired) electrons. The quantitative estimate of drug-likeness (QED) is 0.509. The Hall–Kier alpha value is -4.13. The summed E-state index contributed by atoms with van der Waals surface area (Å²) in [6.07, 6.45) is 5.35. The smallest absolute Gasteiger partial charge is 0.337 e. The van der Waals surface area contributed by atoms with Gasteiger partial charge in [-0.3, -0.25) is 9.78 Å². The van der Waals surface area contributed by atoms with E-state index in [-0.39, 0.29) is 11.3 Å². The number of carboxylic acid groups (broad SMARTS) is 1. The molecule has 1 heterocycles. The van der Waals surface area contributed by atoms with E-state index in [1.807, 2.05) is 18.2 Å². The van der Waals surface area contributed by atoms with Crippen LogP contribution in [0.4, 0.5) is 5.69 Å². The highest BCUT2D eigenvalue weighted by atomic mass is 16.5. The van der Waals surface area contributed by atoms with Gasteiger partial charge >= 0.3 is 5.97 Å². The molecule has 2 N–H and O–H groups in total. The van der Waals surface area contributed by atoms with E-state index in [1.165, 1.54) is 18.2 Å². The number of ether oxygens (including phenoxy) is 2. The molecule has 3 rings (SSSR count). The average Bonchev–Trinajstić information content (AvgIpc) is 2.79. The fourth-order valence-electron chi connectivity index (χ4n) is 2.84. The molecule has 158 valence electrons. The number of carbonyl (C=O) groups is 2. The Morgan fingerprint density at radius 1 is 1.06 bits per heavy atom. The number of carboxylic acids is 1. The van der Waals surface area contributed by atoms with Crippen LogP contribution in [0.25, 0.3) is 6.08 Å². The number of pyridine rings is 1. The average molecular weight is 418 g/mol. The van der Waals surface area contributed by atoms with Gasteiger partial charge < -0.3 is 19.9 Å². The van der Waals surface area contributed by atoms with Crippen molar-refractivity contribution in [2.45, 2.75) is 6.42 Å². The van der Waals surface area contributed by atoms with Crippen LogP contribution in [0.5, 0.6) is 11.5 Å². The van der Waals surface area contributed by atoms with Crippen molar-refractivity contribution >= 4 is 23.6 Å². The second-order valence-electron chi connectivity index (χ2n) is 6.50. The van der Waals surface area contributed by atoms with Crippen molar-refractivity contribution in [3.8, 4) is 11.5 Å². The van der Waals surface area contributed by atoms with Crippen LogP contribution >= 0.6 is 0 Å². The molecule has 0 spiro atoms. The number of amides is 1. The minimum Gasteiger partial charge on any atom is -0.493 e. The van der Waals surface area contributed by atoms with E-state index in [2.05, 4.69) is 10.3 Å². The third-order valence-corrected chi connectivity index (χ3v) is 4.37. The zero-order valence-corrected chi connectivity index (χ0v) is 16.9. The molecule has 7 heteroatoms. The molecule has 0 saturated carbocycles. The number of aromatic carboxylic acids is 1. The topological polar surface area (TPSA) is 97.8 Å². The summed E-state index contributed by atoms with van der Waals surface area (Å²) < 4.78 is 11.2. The number of benzene rings is 2. The van der Waals surface area contributed by atoms with Crippen molar-refractivity contribution in [2.24, 2.45) is 0 Å². The third-order valence-electron chi connectivity index (χ3n) is 4.37. The summed E-state index contributed by atoms with van der Waals surface area (Å²) in [5.41, 5.74) is 1.93. The van der Waals surface area contributed by atoms with Gasteiger partial charge in [-0.05, 0) is 48.0 Å². The molecule has 2 aromatic carbocycles. The summed E-state index contributed by atoms with van der Waals surface area (Å²) in [4.78, 5) is 27.7. The first-order chi connectivity index (χ1) is 15.1. The van der Waals surface area contributed by atoms with Crippen LogP contribution in [-0.4, -0.2) is 35.7 Å². The van der Waals surface area contributed by atoms with Gasteiger partial charge in [-0.1, -0.05) is 24.3 Å². The highest BCUT2D eigenvalue weighted by molar-refractivity contribution is 6.06. The number of methoxy groups -OCH3 is 1. The van der Waals surface area contributed by atoms with Crippen LogP contribution < -0.4 is 14.8 Å². The van der Waals surface area contributed by atoms with E-state index in [9.17, 15) is 14.7 Å². The van der Waals surface area contributed by atoms with Crippen LogP contribution in [0.3, 0.4) is 0 Å². The first kappa shape index (κ1) is 21.6. The predicted octanol–water partition coefficient (Wildman–Crippen LogP) is 4.06. The molecule has 0 bridgehead atoms. The first-order valence-electron chi connectivity index (χ1n) is 9.59. The van der Waals surface area contributed by atoms with E-state index in [4.69, 9.17) is 9.47 Å². The summed E-state index contributed by atoms with van der Waals surface area (Å²) in [7, 11) is 1.55. The Labute approximate surface area is 180 Å². The van der Waals surface area contributed by atoms with Crippen molar-refractivity contribution in [3.05, 3.63) is 89.8 Å². The van der Waals surface area contributed by atoms with Crippen molar-refractivity contribution in [1.82, 2.24) is 4.98 Å². The molecule has 7 nitrogen and oxygen atoms in total. The second kappa shape index (κ2) is 10.6. The van der Waals surface area contributed by atoms with Gasteiger partial charge in [0.1, 0.15) is 0 Å². The van der Waals surface area contributed by atoms with Crippen LogP contribution in [0.15, 0.2) is 72.9 Å². The fraction of sp³-hybridized carbons (Fsp3) is 0.125. The molecular formula is C24H22N2O5. The summed E-state index contributed by atoms with van der Waals surface area (Å²) in [5.74, 6) is -0.415. The predicted molar refractivity (Wildman–Crippen MR) is 117 cm³/mol. The zero-order chi connectivity index (χ0) is 22.1. The zero-order valence-electron chi connectivity index (χ0n) is 16.9. The molecular weight excluding hydrogens is 396 g/mol. The molecule has 0 fully saturated rings. The van der Waals surface area contributed by atoms with Gasteiger partial charge in [0.2, 0.25) is 5.91 Å². The maximum absolute atomic E-state index is 12.2. The summed E-state index contributed by atoms with van der Waals surface area (Å²) >= 11 is 0. The largest absolute Gasteiger partial charge is 0.493 e. The first-order valence-corrected chi connectivity index (χ1v) is 9.59. The number of carbonyl (C=O) groups excluding carboxylic acids is 1. The number of hydrogen-bond donors (Lipinski definition) is 2. The van der Waals surface area contributed by atoms with Crippen LogP contribution in [0, 0.1) is 0 Å². The third kappa shape index (κ3) is 6.17. The molecule has 0 atom stereocenters. The number of aromatic nitrogens is 1. The van der Waals surface area contributed by atoms with Gasteiger partial charge in [0.25, 0.3) is 0 Å². The molecule has 0 saturated heterocycles. The Balaban J connectivity index is 1.62. The molecule has 1 aromatic heterocycles. The van der Waals surface area contributed by atoms with Crippen LogP contribution in [0.1, 0.15) is 21.6 Å². The Bertz CT molecular complexity index is 1080. The maximum atomic E-state index is 12.2. The minimum absolute atomic E-state index is 0.0260. The lowest BCUT2D eigenvalue weighted by Gasteiger charge is -2.11. The highest BCUT2D eigenvalue weighted by Gasteiger charge is 2.10. The molecule has 0 unspecified atom stereocenters. The number of nitrogens with zero attached hydrogens (tertiary/aromatic N) is 1. The minimum atomic E-state index is -1.11. The lowest BCUT2D eigenvalue weighted by Crippen LogP contribution is -2.11. The molecule has 0 aliphatic carbocycles. The highest BCUT2D eigenvalue weighted by Crippen LogP contribution is 2.28. The number of hydrogen-bond acceptors (Lipinski definition) is 5. The number of anilines is 1. The SMILES string of the molecule is COc1cc(C=CC(=O)Nc2ccccc2C(=O)O)ccc1OCCc1ccccn1. The normalized spacial score (nSPS) is 10.6. The Kier molecular flexibility index (Phi) is 7.37. The van der Waals surface area contributed by atoms with E-state index in [1.54, 1.807) is 49.7 Å². The fourth-order valence-corrected chi connectivity index (χ4v) is 2.84. The Morgan fingerprint density at radius 3 is 2.61 bits per heavy atom. The van der Waals surface area contributed by atoms with Crippen LogP contribution in [0.2, 0.25) is 0 Å². The lowest BCUT2D eigenvalue weighted by atomic mass is 10.1. The van der Waals surface area contributed by atoms with Gasteiger partial charge in [0.05, 0.1) is 25.0 Å². The second-order valence-corrected chi connectivity index (χ2v) is 6.50. The Morgan fingerprint density at radius 2 is 1.87 bits per heavy atom. The van der Waals surface area contributed by atoms with E-state index in [0.717, 1.165) is 11.3 Å². The maximum Gasteiger partial charge on any atom is 0.337 e. The molecule has 0 aliphatic heterocycles. The summed E-state index contributed by atoms with van der Waals surface area (Å²) in [6.45, 7) is 0.452. The van der Waals surface area contributed by atoms with Gasteiger partial charge in [-0.2, -0.15) is 0 Å². The number of para-hydroxylation sites is 1. The van der Waals surface area contributed by atoms with E-state index >= 15 is 0 Å². The van der Waals surface area contributed by atoms with E-state index < -0.39 is 11.9 Å². The van der Waals surface area contributed by atoms with Crippen LogP contribution in [-0.2, 0) is 11.2 Å². The molecule has 3 aromatic rings. The monoisotopic (exact) mass is 418 g/mol. The standard InChI is InChI=1S/C24H22N2O5/c1-30-22-16-17(9-11-21(22)31-15-13-18-6-4-5-14-25-18)10-12-23(27)26-20-8-3-2-7-19(20)24(28)29/h2-12,14,16H,13,15H2,1H3,(H,26,27)(H,28,29). The van der Waals surface area contributed by atoms with Gasteiger partial charge in [0, 0.05) is 24.4 Å². The number of rotatable bonds is 9. The van der Waals surface area contributed by atoms with Crippen molar-refractivity contribution in [3.63, 3.8) is 0 Å². The summed E-state index contributed by atoms with van der Waals surface area (Å²) in [6, 6.07) is 17.3. The van der Waals surface area contributed by atoms with Gasteiger partial charge in [-0.15, -0.1) is 0 Å². The molecule has 31 heavy (non-hydrogen) atoms. The molecule has 1 amide bonds. The van der Waals surface area contributed by atoms with E-state index in [0.29, 0.717) is 24.5 Å². The van der Waals surface area contributed by atoms with Crippen molar-refractivity contribution < 1.29 is 24.2 Å². The lowest BCUT2D eigenvalue weighted by molar-refractivity contribution is -0.111. The van der Waals surface area contributed by atoms with Gasteiger partial charge in [0.15, 0.2) is 11.5 Å². The van der Waals surface area contributed by atoms with Crippen molar-refractivity contribution in [1.29, 1.82) is 0 Å². The molecule has 0 aliphatic rings. The number of nitrogens with one attached hydrogen (secondary N) is 1.